The van der Waals surface area contributed by atoms with E-state index in [1.807, 2.05) is 31.3 Å². The zero-order valence-electron chi connectivity index (χ0n) is 9.51. The Morgan fingerprint density at radius 1 is 1.33 bits per heavy atom. The number of hydrogen-bond donors (Lipinski definition) is 1. The van der Waals surface area contributed by atoms with Crippen LogP contribution in [0.3, 0.4) is 0 Å². The third-order valence-corrected chi connectivity index (χ3v) is 3.15. The molecule has 0 heterocycles. The summed E-state index contributed by atoms with van der Waals surface area (Å²) in [6, 6.07) is 7.91. The van der Waals surface area contributed by atoms with Crippen molar-refractivity contribution in [1.82, 2.24) is 5.32 Å². The molecular weight excluding hydrogens is 254 g/mol. The van der Waals surface area contributed by atoms with Gasteiger partial charge in [-0.15, -0.1) is 0 Å². The van der Waals surface area contributed by atoms with Crippen LogP contribution >= 0.6 is 15.9 Å². The second-order valence-electron chi connectivity index (χ2n) is 4.16. The summed E-state index contributed by atoms with van der Waals surface area (Å²) in [5, 5.41) is 3.25. The summed E-state index contributed by atoms with van der Waals surface area (Å²) in [6.07, 6.45) is 0.977. The lowest BCUT2D eigenvalue weighted by atomic mass is 10.0. The first-order chi connectivity index (χ1) is 7.05. The summed E-state index contributed by atoms with van der Waals surface area (Å²) >= 11 is 3.45. The molecule has 1 rings (SSSR count). The Morgan fingerprint density at radius 3 is 2.60 bits per heavy atom. The van der Waals surface area contributed by atoms with Crippen LogP contribution in [0.5, 0.6) is 5.75 Å². The molecule has 2 nitrogen and oxygen atoms in total. The zero-order chi connectivity index (χ0) is 11.3. The molecule has 1 aromatic rings. The van der Waals surface area contributed by atoms with E-state index in [4.69, 9.17) is 4.74 Å². The molecule has 0 radical (unpaired) electrons. The highest BCUT2D eigenvalue weighted by Gasteiger charge is 2.14. The molecule has 15 heavy (non-hydrogen) atoms. The van der Waals surface area contributed by atoms with Crippen LogP contribution < -0.4 is 10.1 Å². The summed E-state index contributed by atoms with van der Waals surface area (Å²) in [5.74, 6) is 0.907. The monoisotopic (exact) mass is 271 g/mol. The number of halogens is 1. The second kappa shape index (κ2) is 5.52. The first kappa shape index (κ1) is 12.5. The maximum Gasteiger partial charge on any atom is 0.133 e. The van der Waals surface area contributed by atoms with Crippen molar-refractivity contribution < 1.29 is 4.74 Å². The van der Waals surface area contributed by atoms with E-state index in [-0.39, 0.29) is 5.54 Å². The molecule has 1 N–H and O–H groups in total. The molecule has 0 fully saturated rings. The molecule has 0 aromatic heterocycles. The number of nitrogens with one attached hydrogen (secondary N) is 1. The first-order valence-electron chi connectivity index (χ1n) is 5.11. The molecule has 0 saturated carbocycles. The maximum absolute atomic E-state index is 5.69. The van der Waals surface area contributed by atoms with Gasteiger partial charge in [-0.1, -0.05) is 12.1 Å². The van der Waals surface area contributed by atoms with Gasteiger partial charge in [-0.05, 0) is 55.4 Å². The van der Waals surface area contributed by atoms with Crippen molar-refractivity contribution in [2.24, 2.45) is 0 Å². The number of para-hydroxylation sites is 1. The fraction of sp³-hybridized carbons (Fsp3) is 0.500. The van der Waals surface area contributed by atoms with Gasteiger partial charge in [0.25, 0.3) is 0 Å². The third kappa shape index (κ3) is 4.22. The molecule has 0 bridgehead atoms. The van der Waals surface area contributed by atoms with E-state index in [2.05, 4.69) is 35.1 Å². The van der Waals surface area contributed by atoms with Gasteiger partial charge >= 0.3 is 0 Å². The predicted octanol–water partition coefficient (Wildman–Crippen LogP) is 3.22. The minimum Gasteiger partial charge on any atom is -0.492 e. The second-order valence-corrected chi connectivity index (χ2v) is 5.02. The van der Waals surface area contributed by atoms with Crippen LogP contribution in [-0.4, -0.2) is 19.2 Å². The van der Waals surface area contributed by atoms with Crippen molar-refractivity contribution in [3.8, 4) is 5.75 Å². The van der Waals surface area contributed by atoms with E-state index in [1.165, 1.54) is 0 Å². The van der Waals surface area contributed by atoms with Crippen molar-refractivity contribution in [2.45, 2.75) is 25.8 Å². The Kier molecular flexibility index (Phi) is 4.61. The van der Waals surface area contributed by atoms with Crippen LogP contribution in [0.1, 0.15) is 20.3 Å². The molecule has 0 aliphatic carbocycles. The topological polar surface area (TPSA) is 21.3 Å². The van der Waals surface area contributed by atoms with Crippen molar-refractivity contribution in [1.29, 1.82) is 0 Å². The fourth-order valence-corrected chi connectivity index (χ4v) is 1.50. The summed E-state index contributed by atoms with van der Waals surface area (Å²) in [6.45, 7) is 5.04. The van der Waals surface area contributed by atoms with Gasteiger partial charge in [0.15, 0.2) is 0 Å². The average Bonchev–Trinajstić information content (AvgIpc) is 2.21. The molecule has 3 heteroatoms. The third-order valence-electron chi connectivity index (χ3n) is 2.50. The fourth-order valence-electron chi connectivity index (χ4n) is 1.10. The quantitative estimate of drug-likeness (QED) is 0.888. The summed E-state index contributed by atoms with van der Waals surface area (Å²) in [7, 11) is 1.97. The van der Waals surface area contributed by atoms with Crippen LogP contribution in [0.15, 0.2) is 28.7 Å². The molecule has 84 valence electrons. The van der Waals surface area contributed by atoms with Crippen LogP contribution in [0.4, 0.5) is 0 Å². The average molecular weight is 272 g/mol. The number of benzene rings is 1. The van der Waals surface area contributed by atoms with Gasteiger partial charge in [0.1, 0.15) is 5.75 Å². The normalized spacial score (nSPS) is 11.5. The van der Waals surface area contributed by atoms with Gasteiger partial charge in [0.05, 0.1) is 11.1 Å². The molecule has 0 atom stereocenters. The van der Waals surface area contributed by atoms with Gasteiger partial charge in [-0.2, -0.15) is 0 Å². The van der Waals surface area contributed by atoms with Crippen molar-refractivity contribution in [3.05, 3.63) is 28.7 Å². The Balaban J connectivity index is 2.42. The number of hydrogen-bond acceptors (Lipinski definition) is 2. The van der Waals surface area contributed by atoms with Crippen molar-refractivity contribution in [2.75, 3.05) is 13.7 Å². The summed E-state index contributed by atoms with van der Waals surface area (Å²) < 4.78 is 6.69. The van der Waals surface area contributed by atoms with Crippen LogP contribution in [-0.2, 0) is 0 Å². The van der Waals surface area contributed by atoms with E-state index < -0.39 is 0 Å². The summed E-state index contributed by atoms with van der Waals surface area (Å²) in [5.41, 5.74) is 0.126. The van der Waals surface area contributed by atoms with Crippen LogP contribution in [0.2, 0.25) is 0 Å². The molecule has 0 saturated heterocycles. The first-order valence-corrected chi connectivity index (χ1v) is 5.91. The lowest BCUT2D eigenvalue weighted by Gasteiger charge is -2.23. The van der Waals surface area contributed by atoms with Gasteiger partial charge in [-0.3, -0.25) is 0 Å². The van der Waals surface area contributed by atoms with Crippen LogP contribution in [0.25, 0.3) is 0 Å². The van der Waals surface area contributed by atoms with E-state index >= 15 is 0 Å². The number of rotatable bonds is 5. The molecule has 0 spiro atoms. The van der Waals surface area contributed by atoms with Gasteiger partial charge in [0.2, 0.25) is 0 Å². The standard InChI is InChI=1S/C12H18BrNO/c1-12(2,14-3)8-9-15-11-7-5-4-6-10(11)13/h4-7,14H,8-9H2,1-3H3. The minimum atomic E-state index is 0.126. The Bertz CT molecular complexity index is 312. The maximum atomic E-state index is 5.69. The Hall–Kier alpha value is -0.540. The van der Waals surface area contributed by atoms with E-state index in [0.717, 1.165) is 23.2 Å². The highest BCUT2D eigenvalue weighted by Crippen LogP contribution is 2.24. The van der Waals surface area contributed by atoms with Gasteiger partial charge < -0.3 is 10.1 Å². The molecule has 0 aliphatic rings. The van der Waals surface area contributed by atoms with Crippen molar-refractivity contribution >= 4 is 15.9 Å². The SMILES string of the molecule is CNC(C)(C)CCOc1ccccc1Br. The molecule has 0 aliphatic heterocycles. The smallest absolute Gasteiger partial charge is 0.133 e. The van der Waals surface area contributed by atoms with E-state index in [9.17, 15) is 0 Å². The summed E-state index contributed by atoms with van der Waals surface area (Å²) in [4.78, 5) is 0. The Labute approximate surface area is 100 Å². The Morgan fingerprint density at radius 2 is 2.00 bits per heavy atom. The molecule has 0 unspecified atom stereocenters. The number of ether oxygens (including phenoxy) is 1. The highest BCUT2D eigenvalue weighted by molar-refractivity contribution is 9.10. The molecular formula is C12H18BrNO. The van der Waals surface area contributed by atoms with Crippen molar-refractivity contribution in [3.63, 3.8) is 0 Å². The highest BCUT2D eigenvalue weighted by atomic mass is 79.9. The van der Waals surface area contributed by atoms with E-state index in [1.54, 1.807) is 0 Å². The van der Waals surface area contributed by atoms with Gasteiger partial charge in [0, 0.05) is 5.54 Å². The molecule has 1 aromatic carbocycles. The molecule has 0 amide bonds. The zero-order valence-corrected chi connectivity index (χ0v) is 11.1. The van der Waals surface area contributed by atoms with Crippen LogP contribution in [0, 0.1) is 0 Å². The van der Waals surface area contributed by atoms with Gasteiger partial charge in [-0.25, -0.2) is 0 Å². The van der Waals surface area contributed by atoms with E-state index in [0.29, 0.717) is 0 Å². The predicted molar refractivity (Wildman–Crippen MR) is 67.4 cm³/mol. The lowest BCUT2D eigenvalue weighted by Crippen LogP contribution is -2.37. The minimum absolute atomic E-state index is 0.126. The lowest BCUT2D eigenvalue weighted by molar-refractivity contribution is 0.255. The largest absolute Gasteiger partial charge is 0.492 e.